The normalized spacial score (nSPS) is 16.1. The molecule has 0 spiro atoms. The number of ether oxygens (including phenoxy) is 2. The molecule has 5 nitrogen and oxygen atoms in total. The molecule has 0 radical (unpaired) electrons. The summed E-state index contributed by atoms with van der Waals surface area (Å²) < 4.78 is 10.7. The third-order valence-electron chi connectivity index (χ3n) is 3.79. The van der Waals surface area contributed by atoms with Crippen LogP contribution in [0.2, 0.25) is 0 Å². The summed E-state index contributed by atoms with van der Waals surface area (Å²) in [4.78, 5) is 13.6. The quantitative estimate of drug-likeness (QED) is 0.832. The summed E-state index contributed by atoms with van der Waals surface area (Å²) in [6.45, 7) is 4.42. The fourth-order valence-electron chi connectivity index (χ4n) is 2.67. The number of nitrogens with zero attached hydrogens (tertiary/aromatic N) is 1. The number of rotatable bonds is 7. The van der Waals surface area contributed by atoms with Crippen molar-refractivity contribution in [3.05, 3.63) is 23.8 Å². The summed E-state index contributed by atoms with van der Waals surface area (Å²) in [7, 11) is 3.28. The number of para-hydroxylation sites is 1. The number of likely N-dealkylation sites (tertiary alicyclic amines) is 1. The van der Waals surface area contributed by atoms with Crippen LogP contribution in [0.5, 0.6) is 11.5 Å². The average molecular weight is 292 g/mol. The van der Waals surface area contributed by atoms with E-state index in [4.69, 9.17) is 9.47 Å². The monoisotopic (exact) mass is 292 g/mol. The Morgan fingerprint density at radius 3 is 2.76 bits per heavy atom. The largest absolute Gasteiger partial charge is 0.493 e. The molecule has 116 valence electrons. The smallest absolute Gasteiger partial charge is 0.222 e. The van der Waals surface area contributed by atoms with Gasteiger partial charge in [-0.3, -0.25) is 4.79 Å². The lowest BCUT2D eigenvalue weighted by atomic mass is 10.1. The molecule has 1 aromatic carbocycles. The van der Waals surface area contributed by atoms with E-state index >= 15 is 0 Å². The van der Waals surface area contributed by atoms with Crippen molar-refractivity contribution in [2.75, 3.05) is 27.3 Å². The highest BCUT2D eigenvalue weighted by Crippen LogP contribution is 2.30. The second-order valence-electron chi connectivity index (χ2n) is 5.38. The molecular formula is C16H24N2O3. The van der Waals surface area contributed by atoms with Crippen LogP contribution in [-0.4, -0.2) is 44.2 Å². The number of amides is 1. The highest BCUT2D eigenvalue weighted by molar-refractivity contribution is 5.78. The SMILES string of the molecule is COc1cccc(CNC(C)CN2CCCC2=O)c1OC. The minimum atomic E-state index is 0.239. The number of hydrogen-bond donors (Lipinski definition) is 1. The van der Waals surface area contributed by atoms with Gasteiger partial charge in [-0.15, -0.1) is 0 Å². The Bertz CT molecular complexity index is 490. The number of hydrogen-bond acceptors (Lipinski definition) is 4. The lowest BCUT2D eigenvalue weighted by molar-refractivity contribution is -0.127. The van der Waals surface area contributed by atoms with Crippen molar-refractivity contribution >= 4 is 5.91 Å². The highest BCUT2D eigenvalue weighted by Gasteiger charge is 2.21. The van der Waals surface area contributed by atoms with Crippen LogP contribution in [0, 0.1) is 0 Å². The fourth-order valence-corrected chi connectivity index (χ4v) is 2.67. The first kappa shape index (κ1) is 15.6. The maximum atomic E-state index is 11.6. The molecule has 21 heavy (non-hydrogen) atoms. The molecule has 2 rings (SSSR count). The van der Waals surface area contributed by atoms with Crippen LogP contribution < -0.4 is 14.8 Å². The highest BCUT2D eigenvalue weighted by atomic mass is 16.5. The summed E-state index contributed by atoms with van der Waals surface area (Å²) in [5.74, 6) is 1.76. The molecule has 1 fully saturated rings. The van der Waals surface area contributed by atoms with Gasteiger partial charge in [0.2, 0.25) is 5.91 Å². The molecule has 0 aromatic heterocycles. The van der Waals surface area contributed by atoms with Gasteiger partial charge in [0.05, 0.1) is 14.2 Å². The average Bonchev–Trinajstić information content (AvgIpc) is 2.89. The first-order valence-electron chi connectivity index (χ1n) is 7.36. The van der Waals surface area contributed by atoms with Gasteiger partial charge in [-0.1, -0.05) is 12.1 Å². The van der Waals surface area contributed by atoms with Gasteiger partial charge < -0.3 is 19.7 Å². The third kappa shape index (κ3) is 3.88. The van der Waals surface area contributed by atoms with Gasteiger partial charge in [0.25, 0.3) is 0 Å². The van der Waals surface area contributed by atoms with E-state index < -0.39 is 0 Å². The maximum absolute atomic E-state index is 11.6. The van der Waals surface area contributed by atoms with E-state index in [-0.39, 0.29) is 11.9 Å². The molecule has 0 bridgehead atoms. The van der Waals surface area contributed by atoms with Crippen LogP contribution in [0.25, 0.3) is 0 Å². The minimum Gasteiger partial charge on any atom is -0.493 e. The zero-order valence-electron chi connectivity index (χ0n) is 13.0. The Morgan fingerprint density at radius 2 is 2.14 bits per heavy atom. The lowest BCUT2D eigenvalue weighted by Gasteiger charge is -2.22. The number of methoxy groups -OCH3 is 2. The molecule has 1 saturated heterocycles. The van der Waals surface area contributed by atoms with Gasteiger partial charge in [0.15, 0.2) is 11.5 Å². The van der Waals surface area contributed by atoms with Crippen LogP contribution >= 0.6 is 0 Å². The van der Waals surface area contributed by atoms with Crippen molar-refractivity contribution in [3.8, 4) is 11.5 Å². The first-order chi connectivity index (χ1) is 10.2. The van der Waals surface area contributed by atoms with Crippen molar-refractivity contribution < 1.29 is 14.3 Å². The number of nitrogens with one attached hydrogen (secondary N) is 1. The summed E-state index contributed by atoms with van der Waals surface area (Å²) in [6, 6.07) is 6.09. The fraction of sp³-hybridized carbons (Fsp3) is 0.562. The molecule has 0 saturated carbocycles. The predicted octanol–water partition coefficient (Wildman–Crippen LogP) is 1.80. The van der Waals surface area contributed by atoms with Gasteiger partial charge in [-0.05, 0) is 19.4 Å². The molecule has 1 N–H and O–H groups in total. The van der Waals surface area contributed by atoms with Crippen molar-refractivity contribution in [1.82, 2.24) is 10.2 Å². The van der Waals surface area contributed by atoms with E-state index in [0.717, 1.165) is 36.6 Å². The molecule has 0 aliphatic carbocycles. The summed E-state index contributed by atoms with van der Waals surface area (Å²) in [6.07, 6.45) is 1.67. The third-order valence-corrected chi connectivity index (χ3v) is 3.79. The Labute approximate surface area is 126 Å². The maximum Gasteiger partial charge on any atom is 0.222 e. The van der Waals surface area contributed by atoms with E-state index in [9.17, 15) is 4.79 Å². The molecule has 1 heterocycles. The lowest BCUT2D eigenvalue weighted by Crippen LogP contribution is -2.39. The molecular weight excluding hydrogens is 268 g/mol. The number of carbonyl (C=O) groups excluding carboxylic acids is 1. The van der Waals surface area contributed by atoms with E-state index in [1.807, 2.05) is 23.1 Å². The van der Waals surface area contributed by atoms with Crippen LogP contribution in [0.15, 0.2) is 18.2 Å². The van der Waals surface area contributed by atoms with E-state index in [0.29, 0.717) is 13.0 Å². The summed E-state index contributed by atoms with van der Waals surface area (Å²) in [5, 5.41) is 3.44. The Kier molecular flexibility index (Phi) is 5.44. The minimum absolute atomic E-state index is 0.239. The van der Waals surface area contributed by atoms with Crippen LogP contribution in [0.1, 0.15) is 25.3 Å². The number of carbonyl (C=O) groups is 1. The first-order valence-corrected chi connectivity index (χ1v) is 7.36. The van der Waals surface area contributed by atoms with E-state index in [1.54, 1.807) is 14.2 Å². The predicted molar refractivity (Wildman–Crippen MR) is 81.7 cm³/mol. The van der Waals surface area contributed by atoms with Gasteiger partial charge in [0, 0.05) is 37.7 Å². The zero-order valence-corrected chi connectivity index (χ0v) is 13.0. The molecule has 1 unspecified atom stereocenters. The molecule has 5 heteroatoms. The molecule has 1 aliphatic heterocycles. The Balaban J connectivity index is 1.91. The van der Waals surface area contributed by atoms with Crippen molar-refractivity contribution in [2.45, 2.75) is 32.4 Å². The van der Waals surface area contributed by atoms with Gasteiger partial charge in [-0.25, -0.2) is 0 Å². The van der Waals surface area contributed by atoms with Gasteiger partial charge in [0.1, 0.15) is 0 Å². The van der Waals surface area contributed by atoms with Crippen molar-refractivity contribution in [2.24, 2.45) is 0 Å². The second-order valence-corrected chi connectivity index (χ2v) is 5.38. The molecule has 1 atom stereocenters. The summed E-state index contributed by atoms with van der Waals surface area (Å²) >= 11 is 0. The van der Waals surface area contributed by atoms with E-state index in [2.05, 4.69) is 12.2 Å². The topological polar surface area (TPSA) is 50.8 Å². The summed E-state index contributed by atoms with van der Waals surface area (Å²) in [5.41, 5.74) is 1.05. The molecule has 1 aliphatic rings. The zero-order chi connectivity index (χ0) is 15.2. The van der Waals surface area contributed by atoms with Gasteiger partial charge in [-0.2, -0.15) is 0 Å². The second kappa shape index (κ2) is 7.31. The van der Waals surface area contributed by atoms with Crippen molar-refractivity contribution in [3.63, 3.8) is 0 Å². The van der Waals surface area contributed by atoms with Crippen LogP contribution in [-0.2, 0) is 11.3 Å². The Morgan fingerprint density at radius 1 is 1.33 bits per heavy atom. The Hall–Kier alpha value is -1.75. The van der Waals surface area contributed by atoms with E-state index in [1.165, 1.54) is 0 Å². The standard InChI is InChI=1S/C16H24N2O3/c1-12(11-18-9-5-8-15(18)19)17-10-13-6-4-7-14(20-2)16(13)21-3/h4,6-7,12,17H,5,8-11H2,1-3H3. The molecule has 1 aromatic rings. The van der Waals surface area contributed by atoms with Crippen LogP contribution in [0.4, 0.5) is 0 Å². The van der Waals surface area contributed by atoms with Crippen molar-refractivity contribution in [1.29, 1.82) is 0 Å². The molecule has 1 amide bonds. The van der Waals surface area contributed by atoms with Gasteiger partial charge >= 0.3 is 0 Å². The van der Waals surface area contributed by atoms with Crippen LogP contribution in [0.3, 0.4) is 0 Å². The number of benzene rings is 1.